The summed E-state index contributed by atoms with van der Waals surface area (Å²) in [6.45, 7) is 1.14. The quantitative estimate of drug-likeness (QED) is 0.668. The van der Waals surface area contributed by atoms with Gasteiger partial charge in [-0.15, -0.1) is 0 Å². The first kappa shape index (κ1) is 8.46. The summed E-state index contributed by atoms with van der Waals surface area (Å²) in [7, 11) is 0. The molecule has 0 amide bonds. The third-order valence-electron chi connectivity index (χ3n) is 1.83. The molecule has 1 fully saturated rings. The molecule has 0 aliphatic carbocycles. The van der Waals surface area contributed by atoms with Crippen LogP contribution < -0.4 is 0 Å². The lowest BCUT2D eigenvalue weighted by molar-refractivity contribution is -0.143. The van der Waals surface area contributed by atoms with Gasteiger partial charge < -0.3 is 9.84 Å². The second kappa shape index (κ2) is 3.67. The van der Waals surface area contributed by atoms with Crippen LogP contribution in [-0.4, -0.2) is 30.5 Å². The smallest absolute Gasteiger partial charge is 0.338 e. The minimum absolute atomic E-state index is 0.0926. The fourth-order valence-corrected chi connectivity index (χ4v) is 1.16. The fourth-order valence-electron chi connectivity index (χ4n) is 1.16. The van der Waals surface area contributed by atoms with Gasteiger partial charge in [0.05, 0.1) is 0 Å². The van der Waals surface area contributed by atoms with Crippen LogP contribution in [0.1, 0.15) is 12.8 Å². The summed E-state index contributed by atoms with van der Waals surface area (Å²) < 4.78 is 17.5. The van der Waals surface area contributed by atoms with Crippen molar-refractivity contribution in [3.63, 3.8) is 0 Å². The van der Waals surface area contributed by atoms with Crippen molar-refractivity contribution in [3.05, 3.63) is 0 Å². The molecule has 0 aromatic heterocycles. The topological polar surface area (TPSA) is 46.5 Å². The third-order valence-corrected chi connectivity index (χ3v) is 1.83. The number of hydrogen-bond acceptors (Lipinski definition) is 2. The maximum Gasteiger partial charge on any atom is 0.338 e. The second-order valence-corrected chi connectivity index (χ2v) is 2.77. The second-order valence-electron chi connectivity index (χ2n) is 2.77. The van der Waals surface area contributed by atoms with Gasteiger partial charge in [-0.1, -0.05) is 0 Å². The van der Waals surface area contributed by atoms with Crippen LogP contribution in [0.2, 0.25) is 0 Å². The minimum Gasteiger partial charge on any atom is -0.479 e. The largest absolute Gasteiger partial charge is 0.479 e. The van der Waals surface area contributed by atoms with E-state index in [0.29, 0.717) is 13.2 Å². The monoisotopic (exact) mass is 162 g/mol. The molecule has 0 unspecified atom stereocenters. The third kappa shape index (κ3) is 2.46. The molecule has 1 saturated heterocycles. The van der Waals surface area contributed by atoms with Gasteiger partial charge in [-0.3, -0.25) is 0 Å². The van der Waals surface area contributed by atoms with Gasteiger partial charge in [0, 0.05) is 13.2 Å². The molecule has 0 bridgehead atoms. The van der Waals surface area contributed by atoms with E-state index >= 15 is 0 Å². The molecule has 1 heterocycles. The Morgan fingerprint density at radius 2 is 2.55 bits per heavy atom. The molecule has 1 aliphatic rings. The van der Waals surface area contributed by atoms with E-state index in [1.807, 2.05) is 0 Å². The van der Waals surface area contributed by atoms with Crippen molar-refractivity contribution >= 4 is 5.97 Å². The Bertz CT molecular complexity index is 143. The van der Waals surface area contributed by atoms with Crippen molar-refractivity contribution in [2.24, 2.45) is 5.92 Å². The predicted molar refractivity (Wildman–Crippen MR) is 36.1 cm³/mol. The lowest BCUT2D eigenvalue weighted by Gasteiger charge is -2.07. The fraction of sp³-hybridized carbons (Fsp3) is 0.857. The number of carboxylic acids is 1. The number of ether oxygens (including phenoxy) is 1. The van der Waals surface area contributed by atoms with Crippen molar-refractivity contribution in [2.45, 2.75) is 19.0 Å². The van der Waals surface area contributed by atoms with Crippen molar-refractivity contribution in [3.8, 4) is 0 Å². The Balaban J connectivity index is 2.23. The zero-order valence-electron chi connectivity index (χ0n) is 6.12. The van der Waals surface area contributed by atoms with Gasteiger partial charge in [0.15, 0.2) is 6.17 Å². The molecule has 1 rings (SSSR count). The van der Waals surface area contributed by atoms with Crippen molar-refractivity contribution in [1.82, 2.24) is 0 Å². The summed E-state index contributed by atoms with van der Waals surface area (Å²) in [6.07, 6.45) is -0.843. The highest BCUT2D eigenvalue weighted by molar-refractivity contribution is 5.71. The number of aliphatic carboxylic acids is 1. The number of carbonyl (C=O) groups is 1. The molecule has 0 spiro atoms. The first-order chi connectivity index (χ1) is 5.20. The zero-order valence-corrected chi connectivity index (χ0v) is 6.12. The average molecular weight is 162 g/mol. The summed E-state index contributed by atoms with van der Waals surface area (Å²) in [5.41, 5.74) is 0. The molecule has 11 heavy (non-hydrogen) atoms. The SMILES string of the molecule is O=C(O)[C@@H](F)C[C@@H]1CCOC1. The Morgan fingerprint density at radius 1 is 1.82 bits per heavy atom. The highest BCUT2D eigenvalue weighted by Gasteiger charge is 2.24. The van der Waals surface area contributed by atoms with E-state index in [1.165, 1.54) is 0 Å². The van der Waals surface area contributed by atoms with Crippen molar-refractivity contribution in [1.29, 1.82) is 0 Å². The van der Waals surface area contributed by atoms with E-state index in [4.69, 9.17) is 9.84 Å². The summed E-state index contributed by atoms with van der Waals surface area (Å²) in [4.78, 5) is 10.1. The van der Waals surface area contributed by atoms with Gasteiger partial charge in [0.1, 0.15) is 0 Å². The molecule has 2 atom stereocenters. The molecule has 0 radical (unpaired) electrons. The van der Waals surface area contributed by atoms with Crippen LogP contribution in [-0.2, 0) is 9.53 Å². The molecule has 0 aromatic rings. The Morgan fingerprint density at radius 3 is 3.00 bits per heavy atom. The standard InChI is InChI=1S/C7H11FO3/c8-6(7(9)10)3-5-1-2-11-4-5/h5-6H,1-4H2,(H,9,10)/t5-,6-/m0/s1. The van der Waals surface area contributed by atoms with Crippen LogP contribution in [0, 0.1) is 5.92 Å². The zero-order chi connectivity index (χ0) is 8.27. The Kier molecular flexibility index (Phi) is 2.82. The molecule has 1 aliphatic heterocycles. The average Bonchev–Trinajstić information content (AvgIpc) is 2.39. The van der Waals surface area contributed by atoms with E-state index in [1.54, 1.807) is 0 Å². The Hall–Kier alpha value is -0.640. The predicted octanol–water partition coefficient (Wildman–Crippen LogP) is 0.836. The van der Waals surface area contributed by atoms with Gasteiger partial charge in [-0.2, -0.15) is 0 Å². The van der Waals surface area contributed by atoms with Crippen LogP contribution in [0.15, 0.2) is 0 Å². The van der Waals surface area contributed by atoms with Crippen LogP contribution in [0.5, 0.6) is 0 Å². The first-order valence-corrected chi connectivity index (χ1v) is 3.64. The first-order valence-electron chi connectivity index (χ1n) is 3.64. The van der Waals surface area contributed by atoms with Gasteiger partial charge in [-0.25, -0.2) is 9.18 Å². The molecular formula is C7H11FO3. The van der Waals surface area contributed by atoms with Gasteiger partial charge in [0.2, 0.25) is 0 Å². The highest BCUT2D eigenvalue weighted by atomic mass is 19.1. The molecule has 1 N–H and O–H groups in total. The summed E-state index contributed by atoms with van der Waals surface area (Å²) in [5.74, 6) is -1.27. The summed E-state index contributed by atoms with van der Waals surface area (Å²) in [6, 6.07) is 0. The molecule has 0 saturated carbocycles. The van der Waals surface area contributed by atoms with Gasteiger partial charge >= 0.3 is 5.97 Å². The van der Waals surface area contributed by atoms with Crippen LogP contribution in [0.4, 0.5) is 4.39 Å². The van der Waals surface area contributed by atoms with Crippen LogP contribution in [0.3, 0.4) is 0 Å². The summed E-state index contributed by atoms with van der Waals surface area (Å²) >= 11 is 0. The minimum atomic E-state index is -1.72. The molecular weight excluding hydrogens is 151 g/mol. The number of rotatable bonds is 3. The molecule has 0 aromatic carbocycles. The Labute approximate surface area is 64.2 Å². The van der Waals surface area contributed by atoms with E-state index in [2.05, 4.69) is 0 Å². The van der Waals surface area contributed by atoms with E-state index in [0.717, 1.165) is 6.42 Å². The lowest BCUT2D eigenvalue weighted by atomic mass is 10.0. The number of alkyl halides is 1. The maximum atomic E-state index is 12.5. The lowest BCUT2D eigenvalue weighted by Crippen LogP contribution is -2.18. The molecule has 4 heteroatoms. The van der Waals surface area contributed by atoms with E-state index < -0.39 is 12.1 Å². The number of carboxylic acid groups (broad SMARTS) is 1. The van der Waals surface area contributed by atoms with E-state index in [-0.39, 0.29) is 12.3 Å². The number of halogens is 1. The summed E-state index contributed by atoms with van der Waals surface area (Å²) in [5, 5.41) is 8.23. The van der Waals surface area contributed by atoms with Crippen LogP contribution in [0.25, 0.3) is 0 Å². The van der Waals surface area contributed by atoms with Crippen LogP contribution >= 0.6 is 0 Å². The highest BCUT2D eigenvalue weighted by Crippen LogP contribution is 2.19. The van der Waals surface area contributed by atoms with Crippen molar-refractivity contribution < 1.29 is 19.0 Å². The normalized spacial score (nSPS) is 26.8. The number of hydrogen-bond donors (Lipinski definition) is 1. The molecule has 64 valence electrons. The molecule has 3 nitrogen and oxygen atoms in total. The van der Waals surface area contributed by atoms with Gasteiger partial charge in [-0.05, 0) is 18.8 Å². The van der Waals surface area contributed by atoms with Crippen molar-refractivity contribution in [2.75, 3.05) is 13.2 Å². The van der Waals surface area contributed by atoms with Gasteiger partial charge in [0.25, 0.3) is 0 Å². The van der Waals surface area contributed by atoms with E-state index in [9.17, 15) is 9.18 Å². The maximum absolute atomic E-state index is 12.5.